The molecule has 0 bridgehead atoms. The monoisotopic (exact) mass is 200 g/mol. The Balaban J connectivity index is 2.53. The number of rotatable bonds is 1. The third-order valence-corrected chi connectivity index (χ3v) is 3.00. The van der Waals surface area contributed by atoms with Crippen molar-refractivity contribution in [2.75, 3.05) is 11.4 Å². The second-order valence-electron chi connectivity index (χ2n) is 4.32. The highest BCUT2D eigenvalue weighted by Gasteiger charge is 2.21. The van der Waals surface area contributed by atoms with E-state index in [9.17, 15) is 0 Å². The second kappa shape index (κ2) is 3.94. The van der Waals surface area contributed by atoms with Gasteiger partial charge < -0.3 is 4.90 Å². The molecule has 78 valence electrons. The molecule has 0 aromatic heterocycles. The Kier molecular flexibility index (Phi) is 2.64. The molecule has 0 N–H and O–H groups in total. The topological polar surface area (TPSA) is 27.0 Å². The van der Waals surface area contributed by atoms with Crippen molar-refractivity contribution in [1.29, 1.82) is 5.26 Å². The van der Waals surface area contributed by atoms with Crippen molar-refractivity contribution in [2.45, 2.75) is 32.7 Å². The maximum Gasteiger partial charge on any atom is 0.101 e. The number of anilines is 1. The highest BCUT2D eigenvalue weighted by atomic mass is 15.2. The first-order valence-electron chi connectivity index (χ1n) is 5.52. The molecule has 0 radical (unpaired) electrons. The fourth-order valence-corrected chi connectivity index (χ4v) is 2.29. The van der Waals surface area contributed by atoms with Crippen molar-refractivity contribution in [3.05, 3.63) is 29.3 Å². The molecule has 0 fully saturated rings. The van der Waals surface area contributed by atoms with Crippen LogP contribution in [0, 0.1) is 11.3 Å². The number of hydrogen-bond acceptors (Lipinski definition) is 2. The third-order valence-electron chi connectivity index (χ3n) is 3.00. The van der Waals surface area contributed by atoms with E-state index < -0.39 is 0 Å². The summed E-state index contributed by atoms with van der Waals surface area (Å²) in [7, 11) is 0. The highest BCUT2D eigenvalue weighted by Crippen LogP contribution is 2.31. The van der Waals surface area contributed by atoms with Gasteiger partial charge in [-0.3, -0.25) is 0 Å². The van der Waals surface area contributed by atoms with Crippen LogP contribution in [0.3, 0.4) is 0 Å². The van der Waals surface area contributed by atoms with Gasteiger partial charge in [-0.15, -0.1) is 0 Å². The van der Waals surface area contributed by atoms with E-state index in [1.165, 1.54) is 17.7 Å². The largest absolute Gasteiger partial charge is 0.368 e. The number of benzene rings is 1. The number of hydrogen-bond donors (Lipinski definition) is 0. The Hall–Kier alpha value is -1.49. The molecule has 1 aromatic carbocycles. The van der Waals surface area contributed by atoms with E-state index in [0.717, 1.165) is 18.5 Å². The van der Waals surface area contributed by atoms with Crippen LogP contribution in [0.4, 0.5) is 5.69 Å². The predicted molar refractivity (Wildman–Crippen MR) is 62.0 cm³/mol. The summed E-state index contributed by atoms with van der Waals surface area (Å²) in [5.41, 5.74) is 3.32. The van der Waals surface area contributed by atoms with Crippen LogP contribution in [0.15, 0.2) is 18.2 Å². The second-order valence-corrected chi connectivity index (χ2v) is 4.32. The number of fused-ring (bicyclic) bond motifs is 1. The van der Waals surface area contributed by atoms with Crippen molar-refractivity contribution in [3.8, 4) is 6.07 Å². The SMILES string of the molecule is CC(C)N1CCCc2cccc(C#N)c21. The van der Waals surface area contributed by atoms with Crippen molar-refractivity contribution in [1.82, 2.24) is 0 Å². The van der Waals surface area contributed by atoms with E-state index in [1.54, 1.807) is 0 Å². The average Bonchev–Trinajstić information content (AvgIpc) is 2.27. The molecule has 0 spiro atoms. The standard InChI is InChI=1S/C13H16N2/c1-10(2)15-8-4-7-11-5-3-6-12(9-14)13(11)15/h3,5-6,10H,4,7-8H2,1-2H3. The smallest absolute Gasteiger partial charge is 0.101 e. The van der Waals surface area contributed by atoms with Gasteiger partial charge in [0.15, 0.2) is 0 Å². The summed E-state index contributed by atoms with van der Waals surface area (Å²) >= 11 is 0. The van der Waals surface area contributed by atoms with Crippen molar-refractivity contribution < 1.29 is 0 Å². The van der Waals surface area contributed by atoms with E-state index >= 15 is 0 Å². The lowest BCUT2D eigenvalue weighted by molar-refractivity contribution is 0.625. The fourth-order valence-electron chi connectivity index (χ4n) is 2.29. The van der Waals surface area contributed by atoms with Gasteiger partial charge in [0.05, 0.1) is 11.3 Å². The maximum absolute atomic E-state index is 9.12. The molecule has 0 saturated carbocycles. The lowest BCUT2D eigenvalue weighted by Gasteiger charge is -2.35. The van der Waals surface area contributed by atoms with Crippen LogP contribution in [0.25, 0.3) is 0 Å². The maximum atomic E-state index is 9.12. The summed E-state index contributed by atoms with van der Waals surface area (Å²) in [6, 6.07) is 8.82. The van der Waals surface area contributed by atoms with Gasteiger partial charge in [-0.25, -0.2) is 0 Å². The van der Waals surface area contributed by atoms with E-state index in [-0.39, 0.29) is 0 Å². The minimum Gasteiger partial charge on any atom is -0.368 e. The quantitative estimate of drug-likeness (QED) is 0.697. The Morgan fingerprint density at radius 2 is 2.20 bits per heavy atom. The van der Waals surface area contributed by atoms with Crippen molar-refractivity contribution in [3.63, 3.8) is 0 Å². The molecule has 0 amide bonds. The van der Waals surface area contributed by atoms with E-state index in [1.807, 2.05) is 12.1 Å². The lowest BCUT2D eigenvalue weighted by Crippen LogP contribution is -2.36. The fraction of sp³-hybridized carbons (Fsp3) is 0.462. The van der Waals surface area contributed by atoms with Crippen LogP contribution >= 0.6 is 0 Å². The number of aryl methyl sites for hydroxylation is 1. The minimum atomic E-state index is 0.471. The van der Waals surface area contributed by atoms with Gasteiger partial charge in [-0.1, -0.05) is 12.1 Å². The summed E-state index contributed by atoms with van der Waals surface area (Å²) in [4.78, 5) is 2.34. The Morgan fingerprint density at radius 1 is 1.40 bits per heavy atom. The number of nitrogens with zero attached hydrogens (tertiary/aromatic N) is 2. The van der Waals surface area contributed by atoms with Gasteiger partial charge in [-0.2, -0.15) is 5.26 Å². The van der Waals surface area contributed by atoms with Crippen LogP contribution in [0.2, 0.25) is 0 Å². The summed E-state index contributed by atoms with van der Waals surface area (Å²) < 4.78 is 0. The molecular formula is C13H16N2. The van der Waals surface area contributed by atoms with Crippen molar-refractivity contribution >= 4 is 5.69 Å². The van der Waals surface area contributed by atoms with Gasteiger partial charge in [0.25, 0.3) is 0 Å². The van der Waals surface area contributed by atoms with Crippen LogP contribution in [0.5, 0.6) is 0 Å². The minimum absolute atomic E-state index is 0.471. The van der Waals surface area contributed by atoms with Gasteiger partial charge in [0.2, 0.25) is 0 Å². The number of para-hydroxylation sites is 1. The normalized spacial score (nSPS) is 14.9. The molecule has 15 heavy (non-hydrogen) atoms. The lowest BCUT2D eigenvalue weighted by atomic mass is 9.97. The van der Waals surface area contributed by atoms with Crippen LogP contribution in [0.1, 0.15) is 31.4 Å². The van der Waals surface area contributed by atoms with Crippen LogP contribution in [-0.2, 0) is 6.42 Å². The van der Waals surface area contributed by atoms with E-state index in [0.29, 0.717) is 6.04 Å². The van der Waals surface area contributed by atoms with Gasteiger partial charge in [0, 0.05) is 12.6 Å². The first-order valence-corrected chi connectivity index (χ1v) is 5.52. The zero-order valence-electron chi connectivity index (χ0n) is 9.33. The molecule has 1 aromatic rings. The summed E-state index contributed by atoms with van der Waals surface area (Å²) in [6.45, 7) is 5.44. The molecule has 0 saturated heterocycles. The summed E-state index contributed by atoms with van der Waals surface area (Å²) in [5.74, 6) is 0. The summed E-state index contributed by atoms with van der Waals surface area (Å²) in [5, 5.41) is 9.12. The average molecular weight is 200 g/mol. The Labute approximate surface area is 91.1 Å². The molecule has 1 heterocycles. The number of nitriles is 1. The molecule has 0 atom stereocenters. The van der Waals surface area contributed by atoms with Crippen LogP contribution in [-0.4, -0.2) is 12.6 Å². The van der Waals surface area contributed by atoms with Crippen LogP contribution < -0.4 is 4.90 Å². The molecular weight excluding hydrogens is 184 g/mol. The first-order chi connectivity index (χ1) is 7.24. The van der Waals surface area contributed by atoms with E-state index in [2.05, 4.69) is 30.9 Å². The van der Waals surface area contributed by atoms with Gasteiger partial charge in [0.1, 0.15) is 6.07 Å². The molecule has 0 unspecified atom stereocenters. The third kappa shape index (κ3) is 1.70. The molecule has 2 rings (SSSR count). The molecule has 0 aliphatic carbocycles. The molecule has 2 heteroatoms. The van der Waals surface area contributed by atoms with E-state index in [4.69, 9.17) is 5.26 Å². The van der Waals surface area contributed by atoms with Gasteiger partial charge in [-0.05, 0) is 38.3 Å². The Morgan fingerprint density at radius 3 is 2.87 bits per heavy atom. The van der Waals surface area contributed by atoms with Gasteiger partial charge >= 0.3 is 0 Å². The molecule has 2 nitrogen and oxygen atoms in total. The molecule has 1 aliphatic rings. The van der Waals surface area contributed by atoms with Crippen molar-refractivity contribution in [2.24, 2.45) is 0 Å². The Bertz CT molecular complexity index is 401. The molecule has 1 aliphatic heterocycles. The predicted octanol–water partition coefficient (Wildman–Crippen LogP) is 2.72. The summed E-state index contributed by atoms with van der Waals surface area (Å²) in [6.07, 6.45) is 2.30. The zero-order chi connectivity index (χ0) is 10.8. The first kappa shape index (κ1) is 10.0. The highest BCUT2D eigenvalue weighted by molar-refractivity contribution is 5.65. The zero-order valence-corrected chi connectivity index (χ0v) is 9.33.